The molecule has 130 valence electrons. The van der Waals surface area contributed by atoms with Gasteiger partial charge in [0.15, 0.2) is 0 Å². The topological polar surface area (TPSA) is 78.4 Å². The van der Waals surface area contributed by atoms with Crippen molar-refractivity contribution in [3.8, 4) is 0 Å². The van der Waals surface area contributed by atoms with Crippen molar-refractivity contribution < 1.29 is 19.1 Å². The van der Waals surface area contributed by atoms with E-state index in [-0.39, 0.29) is 12.5 Å². The molecule has 0 aliphatic heterocycles. The molecule has 1 saturated carbocycles. The number of carbonyl (C=O) groups excluding carboxylic acids is 2. The van der Waals surface area contributed by atoms with Gasteiger partial charge in [0, 0.05) is 5.69 Å². The highest BCUT2D eigenvalue weighted by Gasteiger charge is 2.45. The molecule has 2 aromatic rings. The highest BCUT2D eigenvalue weighted by Crippen LogP contribution is 2.45. The van der Waals surface area contributed by atoms with Crippen LogP contribution in [0.2, 0.25) is 0 Å². The fourth-order valence-electron chi connectivity index (χ4n) is 2.79. The molecule has 0 heterocycles. The zero-order valence-corrected chi connectivity index (χ0v) is 13.5. The second kappa shape index (κ2) is 7.03. The minimum atomic E-state index is -1.19. The fraction of sp³-hybridized carbons (Fsp3) is 0.263. The SMILES string of the molecule is O=C(NCC(O)(c1ccccc1)C1CC1)C(=O)Nc1ccc(F)cc1. The van der Waals surface area contributed by atoms with Crippen molar-refractivity contribution in [2.45, 2.75) is 18.4 Å². The van der Waals surface area contributed by atoms with Crippen LogP contribution < -0.4 is 10.6 Å². The number of rotatable bonds is 5. The maximum Gasteiger partial charge on any atom is 0.313 e. The molecule has 0 aromatic heterocycles. The zero-order valence-electron chi connectivity index (χ0n) is 13.5. The van der Waals surface area contributed by atoms with E-state index >= 15 is 0 Å². The van der Waals surface area contributed by atoms with Gasteiger partial charge in [0.2, 0.25) is 0 Å². The normalized spacial score (nSPS) is 15.9. The lowest BCUT2D eigenvalue weighted by molar-refractivity contribution is -0.137. The monoisotopic (exact) mass is 342 g/mol. The van der Waals surface area contributed by atoms with E-state index in [4.69, 9.17) is 0 Å². The Kier molecular flexibility index (Phi) is 4.81. The molecular formula is C19H19FN2O3. The average molecular weight is 342 g/mol. The molecule has 1 atom stereocenters. The molecule has 0 spiro atoms. The van der Waals surface area contributed by atoms with E-state index in [0.717, 1.165) is 18.4 Å². The van der Waals surface area contributed by atoms with Crippen LogP contribution in [-0.2, 0) is 15.2 Å². The van der Waals surface area contributed by atoms with Crippen LogP contribution in [0.1, 0.15) is 18.4 Å². The molecule has 1 unspecified atom stereocenters. The Bertz CT molecular complexity index is 760. The molecule has 25 heavy (non-hydrogen) atoms. The van der Waals surface area contributed by atoms with Crippen molar-refractivity contribution >= 4 is 17.5 Å². The molecule has 6 heteroatoms. The van der Waals surface area contributed by atoms with Gasteiger partial charge in [0.25, 0.3) is 0 Å². The molecule has 1 aliphatic rings. The van der Waals surface area contributed by atoms with Crippen LogP contribution >= 0.6 is 0 Å². The first-order chi connectivity index (χ1) is 12.0. The van der Waals surface area contributed by atoms with Gasteiger partial charge in [-0.2, -0.15) is 0 Å². The number of aliphatic hydroxyl groups is 1. The number of benzene rings is 2. The van der Waals surface area contributed by atoms with Gasteiger partial charge in [-0.25, -0.2) is 4.39 Å². The summed E-state index contributed by atoms with van der Waals surface area (Å²) in [6.07, 6.45) is 1.76. The summed E-state index contributed by atoms with van der Waals surface area (Å²) >= 11 is 0. The zero-order chi connectivity index (χ0) is 17.9. The molecule has 3 rings (SSSR count). The van der Waals surface area contributed by atoms with Crippen molar-refractivity contribution in [3.63, 3.8) is 0 Å². The van der Waals surface area contributed by atoms with E-state index in [9.17, 15) is 19.1 Å². The lowest BCUT2D eigenvalue weighted by atomic mass is 9.88. The maximum absolute atomic E-state index is 12.9. The number of hydrogen-bond donors (Lipinski definition) is 3. The first-order valence-electron chi connectivity index (χ1n) is 8.12. The number of nitrogens with one attached hydrogen (secondary N) is 2. The summed E-state index contributed by atoms with van der Waals surface area (Å²) in [7, 11) is 0. The van der Waals surface area contributed by atoms with Gasteiger partial charge in [-0.3, -0.25) is 9.59 Å². The molecular weight excluding hydrogens is 323 g/mol. The molecule has 2 aromatic carbocycles. The van der Waals surface area contributed by atoms with E-state index in [2.05, 4.69) is 10.6 Å². The van der Waals surface area contributed by atoms with E-state index in [1.807, 2.05) is 30.3 Å². The molecule has 0 bridgehead atoms. The van der Waals surface area contributed by atoms with Gasteiger partial charge in [0.05, 0.1) is 6.54 Å². The van der Waals surface area contributed by atoms with Crippen molar-refractivity contribution in [3.05, 3.63) is 66.0 Å². The standard InChI is InChI=1S/C19H19FN2O3/c20-15-8-10-16(11-9-15)22-18(24)17(23)21-12-19(25,14-6-7-14)13-4-2-1-3-5-13/h1-5,8-11,14,25H,6-7,12H2,(H,21,23)(H,22,24). The summed E-state index contributed by atoms with van der Waals surface area (Å²) in [6.45, 7) is -0.0443. The highest BCUT2D eigenvalue weighted by molar-refractivity contribution is 6.39. The first kappa shape index (κ1) is 17.1. The average Bonchev–Trinajstić information content (AvgIpc) is 3.47. The summed E-state index contributed by atoms with van der Waals surface area (Å²) in [4.78, 5) is 24.0. The van der Waals surface area contributed by atoms with Gasteiger partial charge in [-0.1, -0.05) is 30.3 Å². The smallest absolute Gasteiger partial charge is 0.313 e. The van der Waals surface area contributed by atoms with Crippen LogP contribution in [0.15, 0.2) is 54.6 Å². The number of anilines is 1. The lowest BCUT2D eigenvalue weighted by Gasteiger charge is -2.29. The molecule has 3 N–H and O–H groups in total. The van der Waals surface area contributed by atoms with Crippen molar-refractivity contribution in [1.82, 2.24) is 5.32 Å². The summed E-state index contributed by atoms with van der Waals surface area (Å²) in [5.41, 5.74) is -0.147. The number of carbonyl (C=O) groups is 2. The number of hydrogen-bond acceptors (Lipinski definition) is 3. The Morgan fingerprint density at radius 2 is 1.68 bits per heavy atom. The quantitative estimate of drug-likeness (QED) is 0.729. The summed E-state index contributed by atoms with van der Waals surface area (Å²) < 4.78 is 12.9. The second-order valence-corrected chi connectivity index (χ2v) is 6.21. The Hall–Kier alpha value is -2.73. The van der Waals surface area contributed by atoms with Crippen LogP contribution in [0.4, 0.5) is 10.1 Å². The van der Waals surface area contributed by atoms with Crippen LogP contribution in [0.25, 0.3) is 0 Å². The third-order valence-corrected chi connectivity index (χ3v) is 4.35. The van der Waals surface area contributed by atoms with Crippen molar-refractivity contribution in [2.24, 2.45) is 5.92 Å². The molecule has 0 radical (unpaired) electrons. The fourth-order valence-corrected chi connectivity index (χ4v) is 2.79. The molecule has 1 aliphatic carbocycles. The molecule has 5 nitrogen and oxygen atoms in total. The van der Waals surface area contributed by atoms with Crippen LogP contribution in [0, 0.1) is 11.7 Å². The highest BCUT2D eigenvalue weighted by atomic mass is 19.1. The second-order valence-electron chi connectivity index (χ2n) is 6.21. The van der Waals surface area contributed by atoms with E-state index in [0.29, 0.717) is 5.69 Å². The largest absolute Gasteiger partial charge is 0.383 e. The van der Waals surface area contributed by atoms with Crippen molar-refractivity contribution in [1.29, 1.82) is 0 Å². The minimum absolute atomic E-state index is 0.0443. The Labute approximate surface area is 144 Å². The van der Waals surface area contributed by atoms with Gasteiger partial charge < -0.3 is 15.7 Å². The Morgan fingerprint density at radius 3 is 2.28 bits per heavy atom. The lowest BCUT2D eigenvalue weighted by Crippen LogP contribution is -2.45. The Morgan fingerprint density at radius 1 is 1.04 bits per heavy atom. The van der Waals surface area contributed by atoms with Crippen molar-refractivity contribution in [2.75, 3.05) is 11.9 Å². The summed E-state index contributed by atoms with van der Waals surface area (Å²) in [5, 5.41) is 15.9. The first-order valence-corrected chi connectivity index (χ1v) is 8.12. The molecule has 2 amide bonds. The number of halogens is 1. The predicted molar refractivity (Wildman–Crippen MR) is 91.1 cm³/mol. The van der Waals surface area contributed by atoms with E-state index in [1.54, 1.807) is 0 Å². The van der Waals surface area contributed by atoms with Gasteiger partial charge >= 0.3 is 11.8 Å². The van der Waals surface area contributed by atoms with Crippen LogP contribution in [0.3, 0.4) is 0 Å². The van der Waals surface area contributed by atoms with Crippen LogP contribution in [-0.4, -0.2) is 23.5 Å². The minimum Gasteiger partial charge on any atom is -0.383 e. The predicted octanol–water partition coefficient (Wildman–Crippen LogP) is 2.18. The van der Waals surface area contributed by atoms with E-state index in [1.165, 1.54) is 24.3 Å². The third kappa shape index (κ3) is 4.03. The maximum atomic E-state index is 12.9. The van der Waals surface area contributed by atoms with E-state index < -0.39 is 23.2 Å². The molecule has 1 fully saturated rings. The van der Waals surface area contributed by atoms with Gasteiger partial charge in [-0.15, -0.1) is 0 Å². The summed E-state index contributed by atoms with van der Waals surface area (Å²) in [5.74, 6) is -2.08. The van der Waals surface area contributed by atoms with Gasteiger partial charge in [-0.05, 0) is 48.6 Å². The van der Waals surface area contributed by atoms with Crippen LogP contribution in [0.5, 0.6) is 0 Å². The molecule has 0 saturated heterocycles. The van der Waals surface area contributed by atoms with Gasteiger partial charge in [0.1, 0.15) is 11.4 Å². The Balaban J connectivity index is 1.62. The number of amides is 2. The summed E-state index contributed by atoms with van der Waals surface area (Å²) in [6, 6.07) is 14.2. The third-order valence-electron chi connectivity index (χ3n) is 4.35.